The van der Waals surface area contributed by atoms with Gasteiger partial charge in [-0.3, -0.25) is 34.1 Å². The minimum atomic E-state index is -0.730. The molecular formula is C89H113BN10O14. The molecule has 5 amide bonds. The molecule has 25 heteroatoms. The Kier molecular flexibility index (Phi) is 27.0. The van der Waals surface area contributed by atoms with Crippen LogP contribution in [0.3, 0.4) is 0 Å². The topological polar surface area (TPSA) is 280 Å². The van der Waals surface area contributed by atoms with E-state index >= 15 is 0 Å². The third kappa shape index (κ3) is 19.1. The highest BCUT2D eigenvalue weighted by atomic mass is 16.7. The molecule has 7 aliphatic heterocycles. The van der Waals surface area contributed by atoms with Gasteiger partial charge >= 0.3 is 13.2 Å². The van der Waals surface area contributed by atoms with Crippen molar-refractivity contribution in [1.82, 2.24) is 50.1 Å². The number of amides is 5. The van der Waals surface area contributed by atoms with Crippen LogP contribution in [0.4, 0.5) is 4.79 Å². The lowest BCUT2D eigenvalue weighted by atomic mass is 9.80. The largest absolute Gasteiger partial charge is 0.508 e. The fraction of sp³-hybridized carbons (Fsp3) is 0.438. The predicted octanol–water partition coefficient (Wildman–Crippen LogP) is 13.2. The fourth-order valence-electron chi connectivity index (χ4n) is 14.7. The number of aromatic nitrogens is 3. The van der Waals surface area contributed by atoms with Crippen LogP contribution in [0, 0.1) is 0 Å². The third-order valence-electron chi connectivity index (χ3n) is 21.9. The smallest absolute Gasteiger partial charge is 0.496 e. The molecule has 606 valence electrons. The highest BCUT2D eigenvalue weighted by Crippen LogP contribution is 2.47. The maximum absolute atomic E-state index is 12.7. The second kappa shape index (κ2) is 35.8. The monoisotopic (exact) mass is 1560 g/mol. The Morgan fingerprint density at radius 3 is 1.18 bits per heavy atom. The molecule has 3 unspecified atom stereocenters. The van der Waals surface area contributed by atoms with Crippen LogP contribution >= 0.6 is 0 Å². The SMILES string of the molecule is C.CCN(CC)C(=O)c1ccc(B2OC(C)(C)C(C)(C)O2)cn1.CCN(CC)C(=O)c1ccc(C2=CC3(CCN(C(=O)OC(C)(C)C)C3)Oc3ccc(O)cc32)cn1.CCN(CC)C(=O)c1ccc(C2=CC3(CCNC3)Oc3ccc(O)cc32)cc1.CCN(CC)C(=O)c1ccc(C2=CC3(CCNC3)Oc3ccc(O)cc32)cn1. The normalized spacial score (nSPS) is 19.6. The lowest BCUT2D eigenvalue weighted by molar-refractivity contribution is 0.00578. The molecule has 0 radical (unpaired) electrons. The number of nitrogens with one attached hydrogen (secondary N) is 2. The van der Waals surface area contributed by atoms with Crippen molar-refractivity contribution in [2.75, 3.05) is 91.6 Å². The molecule has 4 aromatic carbocycles. The zero-order valence-corrected chi connectivity index (χ0v) is 67.9. The summed E-state index contributed by atoms with van der Waals surface area (Å²) in [7, 11) is -0.449. The summed E-state index contributed by atoms with van der Waals surface area (Å²) in [6.45, 7) is 38.7. The summed E-state index contributed by atoms with van der Waals surface area (Å²) in [5.41, 5.74) is 7.94. The number of pyridine rings is 3. The van der Waals surface area contributed by atoms with E-state index in [9.17, 15) is 39.3 Å². The number of aromatic hydroxyl groups is 3. The molecule has 0 saturated carbocycles. The summed E-state index contributed by atoms with van der Waals surface area (Å²) < 4.78 is 36.5. The first kappa shape index (κ1) is 85.8. The van der Waals surface area contributed by atoms with Crippen LogP contribution in [0.15, 0.2) is 152 Å². The molecule has 0 aliphatic carbocycles. The predicted molar refractivity (Wildman–Crippen MR) is 444 cm³/mol. The number of benzene rings is 4. The van der Waals surface area contributed by atoms with Crippen molar-refractivity contribution in [2.24, 2.45) is 0 Å². The lowest BCUT2D eigenvalue weighted by Gasteiger charge is -2.34. The van der Waals surface area contributed by atoms with E-state index in [0.717, 1.165) is 106 Å². The van der Waals surface area contributed by atoms with Crippen LogP contribution in [0.25, 0.3) is 16.7 Å². The van der Waals surface area contributed by atoms with Gasteiger partial charge in [-0.05, 0) is 242 Å². The molecule has 4 saturated heterocycles. The lowest BCUT2D eigenvalue weighted by Crippen LogP contribution is -2.42. The number of likely N-dealkylation sites (tertiary alicyclic amines) is 1. The van der Waals surface area contributed by atoms with Crippen molar-refractivity contribution >= 4 is 59.0 Å². The second-order valence-electron chi connectivity index (χ2n) is 31.1. The maximum atomic E-state index is 12.7. The van der Waals surface area contributed by atoms with E-state index in [1.165, 1.54) is 0 Å². The van der Waals surface area contributed by atoms with Gasteiger partial charge in [-0.15, -0.1) is 0 Å². The molecule has 10 heterocycles. The van der Waals surface area contributed by atoms with Crippen LogP contribution < -0.4 is 30.3 Å². The minimum absolute atomic E-state index is 0. The van der Waals surface area contributed by atoms with E-state index < -0.39 is 23.9 Å². The van der Waals surface area contributed by atoms with Gasteiger partial charge in [0.2, 0.25) is 0 Å². The molecule has 7 aliphatic rings. The van der Waals surface area contributed by atoms with Crippen molar-refractivity contribution < 1.29 is 67.5 Å². The summed E-state index contributed by atoms with van der Waals surface area (Å²) in [4.78, 5) is 84.6. The number of phenols is 3. The van der Waals surface area contributed by atoms with Gasteiger partial charge in [-0.2, -0.15) is 0 Å². The molecule has 3 atom stereocenters. The standard InChI is InChI=1S/C27H33N3O5.C23H26N2O3.C22H25N3O3.C16H25BN2O3.CH4/c1-6-29(7-2)24(32)22-10-8-18(16-28-22)21-15-27(34-23-11-9-19(31)14-20(21)23)12-13-30(17-27)25(33)35-26(3,4)5;1-3-25(4-2)22(27)17-7-5-16(6-8-17)20-14-23(11-12-24-15-23)28-21-10-9-18(26)13-19(20)21;1-3-25(4-2)21(27)19-7-5-15(13-24-19)18-12-22(9-10-23-14-22)28-20-8-6-16(26)11-17(18)20;1-7-19(8-2)14(20)13-10-9-12(11-18-13)17-21-15(3,4)16(5,6)22-17;/h8-11,14-16,31H,6-7,12-13,17H2,1-5H3;5-10,13-14,24,26H,3-4,11-12,15H2,1-2H3;5-8,11-13,23,26H,3-4,9-10,14H2,1-2H3;9-11H,7-8H2,1-6H3;1H4. The van der Waals surface area contributed by atoms with E-state index in [1.807, 2.05) is 169 Å². The Hall–Kier alpha value is -10.6. The van der Waals surface area contributed by atoms with Gasteiger partial charge in [0.15, 0.2) is 0 Å². The number of hydrogen-bond acceptors (Lipinski definition) is 19. The number of carbonyl (C=O) groups excluding carboxylic acids is 5. The minimum Gasteiger partial charge on any atom is -0.508 e. The van der Waals surface area contributed by atoms with Crippen LogP contribution in [0.5, 0.6) is 34.5 Å². The van der Waals surface area contributed by atoms with Crippen molar-refractivity contribution in [3.8, 4) is 34.5 Å². The Morgan fingerprint density at radius 2 is 0.833 bits per heavy atom. The summed E-state index contributed by atoms with van der Waals surface area (Å²) in [6, 6.07) is 34.0. The van der Waals surface area contributed by atoms with Gasteiger partial charge in [-0.25, -0.2) is 4.79 Å². The molecule has 4 fully saturated rings. The first-order valence-electron chi connectivity index (χ1n) is 39.5. The van der Waals surface area contributed by atoms with Gasteiger partial charge in [0.05, 0.1) is 17.7 Å². The molecule has 3 spiro atoms. The van der Waals surface area contributed by atoms with E-state index in [4.69, 9.17) is 28.3 Å². The molecule has 7 aromatic rings. The van der Waals surface area contributed by atoms with Crippen LogP contribution in [0.2, 0.25) is 0 Å². The van der Waals surface area contributed by atoms with Gasteiger partial charge in [-0.1, -0.05) is 37.8 Å². The van der Waals surface area contributed by atoms with Crippen molar-refractivity contribution in [1.29, 1.82) is 0 Å². The van der Waals surface area contributed by atoms with E-state index in [-0.39, 0.29) is 71.2 Å². The summed E-state index contributed by atoms with van der Waals surface area (Å²) in [6.07, 6.45) is 13.4. The van der Waals surface area contributed by atoms with Gasteiger partial charge in [0.25, 0.3) is 23.6 Å². The number of ether oxygens (including phenoxy) is 4. The van der Waals surface area contributed by atoms with E-state index in [2.05, 4.69) is 37.7 Å². The Morgan fingerprint density at radius 1 is 0.474 bits per heavy atom. The Balaban J connectivity index is 0.000000162. The molecule has 14 rings (SSSR count). The third-order valence-corrected chi connectivity index (χ3v) is 21.9. The van der Waals surface area contributed by atoms with Crippen LogP contribution in [0.1, 0.15) is 206 Å². The molecule has 3 aromatic heterocycles. The summed E-state index contributed by atoms with van der Waals surface area (Å²) in [5, 5.41) is 36.9. The average Bonchev–Trinajstić information content (AvgIpc) is 1.39. The van der Waals surface area contributed by atoms with Crippen molar-refractivity contribution in [2.45, 2.75) is 164 Å². The highest BCUT2D eigenvalue weighted by Gasteiger charge is 2.52. The highest BCUT2D eigenvalue weighted by molar-refractivity contribution is 6.62. The van der Waals surface area contributed by atoms with Crippen molar-refractivity contribution in [3.63, 3.8) is 0 Å². The first-order valence-corrected chi connectivity index (χ1v) is 39.5. The van der Waals surface area contributed by atoms with Gasteiger partial charge < -0.3 is 78.7 Å². The van der Waals surface area contributed by atoms with Gasteiger partial charge in [0.1, 0.15) is 74.0 Å². The molecule has 114 heavy (non-hydrogen) atoms. The number of phenolic OH excluding ortho intramolecular Hbond substituents is 3. The zero-order chi connectivity index (χ0) is 81.4. The number of fused-ring (bicyclic) bond motifs is 3. The van der Waals surface area contributed by atoms with Gasteiger partial charge in [0, 0.05) is 149 Å². The Labute approximate surface area is 671 Å². The number of nitrogens with zero attached hydrogens (tertiary/aromatic N) is 8. The van der Waals surface area contributed by atoms with E-state index in [0.29, 0.717) is 100 Å². The second-order valence-corrected chi connectivity index (χ2v) is 31.1. The molecule has 0 bridgehead atoms. The average molecular weight is 1560 g/mol. The van der Waals surface area contributed by atoms with Crippen LogP contribution in [-0.4, -0.2) is 217 Å². The van der Waals surface area contributed by atoms with E-state index in [1.54, 1.807) is 98.9 Å². The van der Waals surface area contributed by atoms with Crippen LogP contribution in [-0.2, 0) is 14.0 Å². The molecule has 5 N–H and O–H groups in total. The quantitative estimate of drug-likeness (QED) is 0.0562. The number of carbonyl (C=O) groups is 5. The maximum Gasteiger partial charge on any atom is 0.496 e. The first-order chi connectivity index (χ1) is 53.8. The molecular weight excluding hydrogens is 1440 g/mol. The summed E-state index contributed by atoms with van der Waals surface area (Å²) in [5.74, 6) is 2.50. The van der Waals surface area contributed by atoms with Crippen molar-refractivity contribution in [3.05, 3.63) is 208 Å². The molecule has 24 nitrogen and oxygen atoms in total. The number of hydrogen-bond donors (Lipinski definition) is 5. The zero-order valence-electron chi connectivity index (χ0n) is 67.9. The fourth-order valence-corrected chi connectivity index (χ4v) is 14.7. The number of rotatable bonds is 16. The summed E-state index contributed by atoms with van der Waals surface area (Å²) >= 11 is 0. The Bertz CT molecular complexity index is 4500.